The Morgan fingerprint density at radius 3 is 2.10 bits per heavy atom. The fourth-order valence-corrected chi connectivity index (χ4v) is 2.95. The monoisotopic (exact) mass is 270 g/mol. The first kappa shape index (κ1) is 14.4. The Bertz CT molecular complexity index is 615. The number of phenolic OH excluding ortho intramolecular Hbond substituents is 2. The van der Waals surface area contributed by atoms with Crippen molar-refractivity contribution >= 4 is 0 Å². The molecule has 20 heavy (non-hydrogen) atoms. The Morgan fingerprint density at radius 1 is 0.850 bits per heavy atom. The highest BCUT2D eigenvalue weighted by Gasteiger charge is 2.16. The first-order chi connectivity index (χ1) is 9.62. The molecule has 0 saturated carbocycles. The van der Waals surface area contributed by atoms with Crippen molar-refractivity contribution in [3.05, 3.63) is 47.0 Å². The van der Waals surface area contributed by atoms with Crippen molar-refractivity contribution in [3.8, 4) is 22.6 Å². The largest absolute Gasteiger partial charge is 0.508 e. The molecular weight excluding hydrogens is 248 g/mol. The van der Waals surface area contributed by atoms with Crippen LogP contribution in [0.1, 0.15) is 37.5 Å². The van der Waals surface area contributed by atoms with Crippen molar-refractivity contribution in [3.63, 3.8) is 0 Å². The SMILES string of the molecule is CCc1cc(O)c(-c2cccc(O)c2)c(CC)c1CC. The highest BCUT2D eigenvalue weighted by Crippen LogP contribution is 2.38. The third-order valence-electron chi connectivity index (χ3n) is 3.84. The first-order valence-corrected chi connectivity index (χ1v) is 7.28. The van der Waals surface area contributed by atoms with Crippen molar-refractivity contribution in [2.24, 2.45) is 0 Å². The fourth-order valence-electron chi connectivity index (χ4n) is 2.95. The quantitative estimate of drug-likeness (QED) is 0.861. The van der Waals surface area contributed by atoms with Crippen LogP contribution in [-0.4, -0.2) is 10.2 Å². The van der Waals surface area contributed by atoms with Gasteiger partial charge in [-0.2, -0.15) is 0 Å². The Hall–Kier alpha value is -1.96. The van der Waals surface area contributed by atoms with Gasteiger partial charge in [-0.1, -0.05) is 32.9 Å². The van der Waals surface area contributed by atoms with E-state index in [4.69, 9.17) is 0 Å². The fraction of sp³-hybridized carbons (Fsp3) is 0.333. The molecule has 0 heterocycles. The molecular formula is C18H22O2. The van der Waals surface area contributed by atoms with Gasteiger partial charge in [0, 0.05) is 5.56 Å². The highest BCUT2D eigenvalue weighted by atomic mass is 16.3. The van der Waals surface area contributed by atoms with Gasteiger partial charge in [0.05, 0.1) is 0 Å². The normalized spacial score (nSPS) is 10.8. The van der Waals surface area contributed by atoms with Gasteiger partial charge >= 0.3 is 0 Å². The topological polar surface area (TPSA) is 40.5 Å². The molecule has 0 atom stereocenters. The van der Waals surface area contributed by atoms with E-state index in [1.54, 1.807) is 12.1 Å². The van der Waals surface area contributed by atoms with Crippen molar-refractivity contribution < 1.29 is 10.2 Å². The molecule has 2 heteroatoms. The van der Waals surface area contributed by atoms with E-state index in [2.05, 4.69) is 20.8 Å². The minimum Gasteiger partial charge on any atom is -0.508 e. The second kappa shape index (κ2) is 6.00. The molecule has 0 radical (unpaired) electrons. The summed E-state index contributed by atoms with van der Waals surface area (Å²) in [7, 11) is 0. The van der Waals surface area contributed by atoms with Gasteiger partial charge in [0.25, 0.3) is 0 Å². The summed E-state index contributed by atoms with van der Waals surface area (Å²) in [4.78, 5) is 0. The second-order valence-electron chi connectivity index (χ2n) is 5.00. The molecule has 2 N–H and O–H groups in total. The Morgan fingerprint density at radius 2 is 1.55 bits per heavy atom. The third kappa shape index (κ3) is 2.51. The van der Waals surface area contributed by atoms with Gasteiger partial charge in [-0.15, -0.1) is 0 Å². The lowest BCUT2D eigenvalue weighted by Crippen LogP contribution is -2.01. The molecule has 0 amide bonds. The van der Waals surface area contributed by atoms with E-state index in [0.29, 0.717) is 5.75 Å². The van der Waals surface area contributed by atoms with Crippen molar-refractivity contribution in [2.75, 3.05) is 0 Å². The molecule has 0 aliphatic carbocycles. The molecule has 2 nitrogen and oxygen atoms in total. The van der Waals surface area contributed by atoms with Crippen LogP contribution in [0, 0.1) is 0 Å². The van der Waals surface area contributed by atoms with Crippen LogP contribution >= 0.6 is 0 Å². The molecule has 2 aromatic rings. The summed E-state index contributed by atoms with van der Waals surface area (Å²) in [5.74, 6) is 0.531. The van der Waals surface area contributed by atoms with Crippen molar-refractivity contribution in [2.45, 2.75) is 40.0 Å². The molecule has 2 rings (SSSR count). The number of hydrogen-bond acceptors (Lipinski definition) is 2. The minimum atomic E-state index is 0.224. The van der Waals surface area contributed by atoms with Crippen LogP contribution < -0.4 is 0 Å². The summed E-state index contributed by atoms with van der Waals surface area (Å²) in [5, 5.41) is 20.1. The van der Waals surface area contributed by atoms with E-state index < -0.39 is 0 Å². The van der Waals surface area contributed by atoms with Crippen LogP contribution in [0.25, 0.3) is 11.1 Å². The summed E-state index contributed by atoms with van der Waals surface area (Å²) >= 11 is 0. The van der Waals surface area contributed by atoms with E-state index in [9.17, 15) is 10.2 Å². The van der Waals surface area contributed by atoms with E-state index in [0.717, 1.165) is 30.4 Å². The summed E-state index contributed by atoms with van der Waals surface area (Å²) in [5.41, 5.74) is 5.46. The smallest absolute Gasteiger partial charge is 0.123 e. The zero-order valence-electron chi connectivity index (χ0n) is 12.4. The van der Waals surface area contributed by atoms with Gasteiger partial charge < -0.3 is 10.2 Å². The van der Waals surface area contributed by atoms with Crippen LogP contribution in [0.2, 0.25) is 0 Å². The molecule has 0 fully saturated rings. The Kier molecular flexibility index (Phi) is 4.33. The Labute approximate surface area is 120 Å². The third-order valence-corrected chi connectivity index (χ3v) is 3.84. The number of aryl methyl sites for hydroxylation is 1. The molecule has 0 aromatic heterocycles. The lowest BCUT2D eigenvalue weighted by molar-refractivity contribution is 0.473. The lowest BCUT2D eigenvalue weighted by Gasteiger charge is -2.18. The average Bonchev–Trinajstić information content (AvgIpc) is 2.45. The van der Waals surface area contributed by atoms with Crippen molar-refractivity contribution in [1.29, 1.82) is 0 Å². The second-order valence-corrected chi connectivity index (χ2v) is 5.00. The van der Waals surface area contributed by atoms with E-state index >= 15 is 0 Å². The summed E-state index contributed by atoms with van der Waals surface area (Å²) in [6, 6.07) is 8.96. The van der Waals surface area contributed by atoms with Gasteiger partial charge in [0.1, 0.15) is 11.5 Å². The number of benzene rings is 2. The molecule has 0 bridgehead atoms. The predicted molar refractivity (Wildman–Crippen MR) is 83.3 cm³/mol. The first-order valence-electron chi connectivity index (χ1n) is 7.28. The summed E-state index contributed by atoms with van der Waals surface area (Å²) < 4.78 is 0. The maximum atomic E-state index is 10.4. The molecule has 0 aliphatic rings. The molecule has 0 spiro atoms. The van der Waals surface area contributed by atoms with Gasteiger partial charge in [-0.25, -0.2) is 0 Å². The molecule has 106 valence electrons. The van der Waals surface area contributed by atoms with Crippen LogP contribution in [0.3, 0.4) is 0 Å². The van der Waals surface area contributed by atoms with Crippen molar-refractivity contribution in [1.82, 2.24) is 0 Å². The Balaban J connectivity index is 2.75. The van der Waals surface area contributed by atoms with Crippen LogP contribution in [0.15, 0.2) is 30.3 Å². The number of rotatable bonds is 4. The highest BCUT2D eigenvalue weighted by molar-refractivity contribution is 5.77. The van der Waals surface area contributed by atoms with Crippen LogP contribution in [0.4, 0.5) is 0 Å². The van der Waals surface area contributed by atoms with Crippen LogP contribution in [-0.2, 0) is 19.3 Å². The number of phenols is 2. The molecule has 0 saturated heterocycles. The molecule has 0 aliphatic heterocycles. The zero-order chi connectivity index (χ0) is 14.7. The average molecular weight is 270 g/mol. The molecule has 2 aromatic carbocycles. The number of aromatic hydroxyl groups is 2. The van der Waals surface area contributed by atoms with E-state index in [-0.39, 0.29) is 5.75 Å². The summed E-state index contributed by atoms with van der Waals surface area (Å²) in [6.07, 6.45) is 2.75. The maximum Gasteiger partial charge on any atom is 0.123 e. The van der Waals surface area contributed by atoms with Gasteiger partial charge in [0.15, 0.2) is 0 Å². The number of hydrogen-bond donors (Lipinski definition) is 2. The summed E-state index contributed by atoms with van der Waals surface area (Å²) in [6.45, 7) is 6.37. The standard InChI is InChI=1S/C18H22O2/c1-4-12-11-17(20)18(16(6-3)15(12)5-2)13-8-7-9-14(19)10-13/h7-11,19-20H,4-6H2,1-3H3. The van der Waals surface area contributed by atoms with E-state index in [1.807, 2.05) is 18.2 Å². The van der Waals surface area contributed by atoms with Gasteiger partial charge in [0.2, 0.25) is 0 Å². The van der Waals surface area contributed by atoms with Gasteiger partial charge in [-0.05, 0) is 59.7 Å². The van der Waals surface area contributed by atoms with E-state index in [1.165, 1.54) is 16.7 Å². The lowest BCUT2D eigenvalue weighted by atomic mass is 9.87. The van der Waals surface area contributed by atoms with Gasteiger partial charge in [-0.3, -0.25) is 0 Å². The minimum absolute atomic E-state index is 0.224. The van der Waals surface area contributed by atoms with Crippen LogP contribution in [0.5, 0.6) is 11.5 Å². The predicted octanol–water partition coefficient (Wildman–Crippen LogP) is 4.45. The molecule has 0 unspecified atom stereocenters. The zero-order valence-corrected chi connectivity index (χ0v) is 12.4. The maximum absolute atomic E-state index is 10.4.